The predicted octanol–water partition coefficient (Wildman–Crippen LogP) is 4.03. The number of thioether (sulfide) groups is 1. The summed E-state index contributed by atoms with van der Waals surface area (Å²) in [5.41, 5.74) is 0.517. The Labute approximate surface area is 136 Å². The van der Waals surface area contributed by atoms with Gasteiger partial charge in [0.05, 0.1) is 7.11 Å². The van der Waals surface area contributed by atoms with Gasteiger partial charge in [-0.15, -0.1) is 0 Å². The Bertz CT molecular complexity index is 650. The number of carbonyl (C=O) groups is 1. The molecule has 0 unspecified atom stereocenters. The largest absolute Gasteiger partial charge is 0.497 e. The molecule has 0 atom stereocenters. The van der Waals surface area contributed by atoms with Crippen LogP contribution < -0.4 is 14.8 Å². The number of halogens is 2. The Morgan fingerprint density at radius 1 is 1.17 bits per heavy atom. The highest BCUT2D eigenvalue weighted by Crippen LogP contribution is 2.26. The monoisotopic (exact) mass is 339 g/mol. The second-order valence-corrected chi connectivity index (χ2v) is 5.48. The third kappa shape index (κ3) is 5.78. The zero-order valence-electron chi connectivity index (χ0n) is 12.3. The molecule has 0 aliphatic heterocycles. The van der Waals surface area contributed by atoms with Crippen molar-refractivity contribution in [1.82, 2.24) is 0 Å². The van der Waals surface area contributed by atoms with E-state index in [9.17, 15) is 13.6 Å². The van der Waals surface area contributed by atoms with E-state index in [2.05, 4.69) is 5.32 Å². The van der Waals surface area contributed by atoms with Crippen LogP contribution in [0.4, 0.5) is 14.5 Å². The number of ether oxygens (including phenoxy) is 2. The van der Waals surface area contributed by atoms with E-state index in [1.807, 2.05) is 0 Å². The number of rotatable bonds is 7. The van der Waals surface area contributed by atoms with E-state index in [-0.39, 0.29) is 12.5 Å². The summed E-state index contributed by atoms with van der Waals surface area (Å²) in [5.74, 6) is -1.66. The first kappa shape index (κ1) is 17.1. The molecule has 23 heavy (non-hydrogen) atoms. The van der Waals surface area contributed by atoms with E-state index in [1.54, 1.807) is 43.5 Å². The van der Waals surface area contributed by atoms with Crippen molar-refractivity contribution < 1.29 is 23.0 Å². The second-order valence-electron chi connectivity index (χ2n) is 4.42. The number of anilines is 1. The van der Waals surface area contributed by atoms with Gasteiger partial charge in [0, 0.05) is 16.6 Å². The number of alkyl halides is 2. The fourth-order valence-corrected chi connectivity index (χ4v) is 2.26. The van der Waals surface area contributed by atoms with Crippen molar-refractivity contribution in [2.24, 2.45) is 0 Å². The van der Waals surface area contributed by atoms with Crippen LogP contribution in [0.1, 0.15) is 0 Å². The van der Waals surface area contributed by atoms with Crippen LogP contribution in [-0.4, -0.2) is 25.4 Å². The van der Waals surface area contributed by atoms with Gasteiger partial charge in [0.2, 0.25) is 0 Å². The van der Waals surface area contributed by atoms with E-state index in [0.29, 0.717) is 33.8 Å². The molecule has 0 aliphatic carbocycles. The van der Waals surface area contributed by atoms with Crippen molar-refractivity contribution in [2.75, 3.05) is 19.0 Å². The summed E-state index contributed by atoms with van der Waals surface area (Å²) in [5, 5.41) is 2.63. The molecular formula is C16H15F2NO3S. The van der Waals surface area contributed by atoms with Gasteiger partial charge in [-0.2, -0.15) is 8.78 Å². The lowest BCUT2D eigenvalue weighted by molar-refractivity contribution is -0.118. The summed E-state index contributed by atoms with van der Waals surface area (Å²) in [6.07, 6.45) is 0. The first-order valence-corrected chi connectivity index (χ1v) is 7.56. The van der Waals surface area contributed by atoms with E-state index >= 15 is 0 Å². The maximum absolute atomic E-state index is 12.2. The Morgan fingerprint density at radius 2 is 1.87 bits per heavy atom. The molecule has 4 nitrogen and oxygen atoms in total. The first-order valence-electron chi connectivity index (χ1n) is 6.68. The predicted molar refractivity (Wildman–Crippen MR) is 85.4 cm³/mol. The second kappa shape index (κ2) is 8.38. The average Bonchev–Trinajstić information content (AvgIpc) is 2.54. The maximum Gasteiger partial charge on any atom is 0.288 e. The lowest BCUT2D eigenvalue weighted by Gasteiger charge is -2.09. The molecule has 2 aromatic rings. The fraction of sp³-hybridized carbons (Fsp3) is 0.188. The quantitative estimate of drug-likeness (QED) is 0.774. The molecule has 0 radical (unpaired) electrons. The molecule has 1 N–H and O–H groups in total. The van der Waals surface area contributed by atoms with E-state index < -0.39 is 5.76 Å². The lowest BCUT2D eigenvalue weighted by Crippen LogP contribution is -2.20. The zero-order valence-corrected chi connectivity index (χ0v) is 13.1. The van der Waals surface area contributed by atoms with Gasteiger partial charge in [0.1, 0.15) is 11.5 Å². The highest BCUT2D eigenvalue weighted by Gasteiger charge is 2.07. The van der Waals surface area contributed by atoms with Crippen LogP contribution in [0.2, 0.25) is 0 Å². The molecule has 2 rings (SSSR count). The summed E-state index contributed by atoms with van der Waals surface area (Å²) in [6.45, 7) is -0.166. The number of benzene rings is 2. The number of carbonyl (C=O) groups excluding carboxylic acids is 1. The number of methoxy groups -OCH3 is 1. The Balaban J connectivity index is 1.84. The maximum atomic E-state index is 12.2. The number of hydrogen-bond acceptors (Lipinski definition) is 4. The van der Waals surface area contributed by atoms with Gasteiger partial charge in [0.25, 0.3) is 11.7 Å². The van der Waals surface area contributed by atoms with E-state index in [4.69, 9.17) is 9.47 Å². The van der Waals surface area contributed by atoms with Crippen LogP contribution in [0, 0.1) is 0 Å². The van der Waals surface area contributed by atoms with Crippen molar-refractivity contribution >= 4 is 23.4 Å². The molecule has 0 spiro atoms. The Kier molecular flexibility index (Phi) is 6.22. The molecule has 2 aromatic carbocycles. The summed E-state index contributed by atoms with van der Waals surface area (Å²) >= 11 is 0.454. The first-order chi connectivity index (χ1) is 11.1. The molecular weight excluding hydrogens is 324 g/mol. The minimum absolute atomic E-state index is 0.166. The summed E-state index contributed by atoms with van der Waals surface area (Å²) < 4.78 is 34.9. The molecule has 122 valence electrons. The van der Waals surface area contributed by atoms with E-state index in [0.717, 1.165) is 0 Å². The van der Waals surface area contributed by atoms with Crippen molar-refractivity contribution in [3.8, 4) is 11.5 Å². The SMILES string of the molecule is COc1cccc(OCC(=O)Nc2ccc(SC(F)F)cc2)c1. The molecule has 0 fully saturated rings. The number of nitrogens with one attached hydrogen (secondary N) is 1. The molecule has 0 aliphatic rings. The molecule has 0 heterocycles. The van der Waals surface area contributed by atoms with Crippen LogP contribution >= 0.6 is 11.8 Å². The molecule has 0 saturated carbocycles. The number of hydrogen-bond donors (Lipinski definition) is 1. The molecule has 0 saturated heterocycles. The van der Waals surface area contributed by atoms with Gasteiger partial charge < -0.3 is 14.8 Å². The van der Waals surface area contributed by atoms with Crippen LogP contribution in [0.3, 0.4) is 0 Å². The van der Waals surface area contributed by atoms with Gasteiger partial charge >= 0.3 is 0 Å². The van der Waals surface area contributed by atoms with Crippen molar-refractivity contribution in [2.45, 2.75) is 10.7 Å². The summed E-state index contributed by atoms with van der Waals surface area (Å²) in [6, 6.07) is 13.1. The Hall–Kier alpha value is -2.28. The van der Waals surface area contributed by atoms with Crippen LogP contribution in [0.5, 0.6) is 11.5 Å². The smallest absolute Gasteiger partial charge is 0.288 e. The highest BCUT2D eigenvalue weighted by molar-refractivity contribution is 7.99. The van der Waals surface area contributed by atoms with Gasteiger partial charge in [-0.1, -0.05) is 17.8 Å². The Morgan fingerprint density at radius 3 is 2.52 bits per heavy atom. The summed E-state index contributed by atoms with van der Waals surface area (Å²) in [4.78, 5) is 12.2. The average molecular weight is 339 g/mol. The minimum atomic E-state index is -2.47. The molecule has 7 heteroatoms. The van der Waals surface area contributed by atoms with Crippen molar-refractivity contribution in [3.63, 3.8) is 0 Å². The lowest BCUT2D eigenvalue weighted by atomic mass is 10.3. The van der Waals surface area contributed by atoms with Gasteiger partial charge in [-0.3, -0.25) is 4.79 Å². The normalized spacial score (nSPS) is 10.4. The van der Waals surface area contributed by atoms with Crippen LogP contribution in [0.15, 0.2) is 53.4 Å². The van der Waals surface area contributed by atoms with Gasteiger partial charge in [-0.05, 0) is 36.4 Å². The standard InChI is InChI=1S/C16H15F2NO3S/c1-21-12-3-2-4-13(9-12)22-10-15(20)19-11-5-7-14(8-6-11)23-16(17)18/h2-9,16H,10H2,1H3,(H,19,20). The van der Waals surface area contributed by atoms with Crippen LogP contribution in [0.25, 0.3) is 0 Å². The molecule has 0 bridgehead atoms. The van der Waals surface area contributed by atoms with Crippen LogP contribution in [-0.2, 0) is 4.79 Å². The van der Waals surface area contributed by atoms with Crippen molar-refractivity contribution in [1.29, 1.82) is 0 Å². The zero-order chi connectivity index (χ0) is 16.7. The fourth-order valence-electron chi connectivity index (χ4n) is 1.76. The topological polar surface area (TPSA) is 47.6 Å². The third-order valence-electron chi connectivity index (χ3n) is 2.77. The van der Waals surface area contributed by atoms with E-state index in [1.165, 1.54) is 12.1 Å². The summed E-state index contributed by atoms with van der Waals surface area (Å²) in [7, 11) is 1.54. The van der Waals surface area contributed by atoms with Gasteiger partial charge in [0.15, 0.2) is 6.61 Å². The number of amides is 1. The van der Waals surface area contributed by atoms with Crippen molar-refractivity contribution in [3.05, 3.63) is 48.5 Å². The van der Waals surface area contributed by atoms with Gasteiger partial charge in [-0.25, -0.2) is 0 Å². The molecule has 1 amide bonds. The minimum Gasteiger partial charge on any atom is -0.497 e. The highest BCUT2D eigenvalue weighted by atomic mass is 32.2. The third-order valence-corrected chi connectivity index (χ3v) is 3.50. The molecule has 0 aromatic heterocycles.